The number of hydrogen-bond donors (Lipinski definition) is 1. The molecule has 1 atom stereocenters. The SMILES string of the molecule is c1ccc2c(c1)SCC2Nc1ncc2ccccc2n1. The standard InChI is InChI=1S/C16H13N3S/c1-3-7-13-11(5-1)9-17-16(18-13)19-14-10-20-15-8-4-2-6-12(14)15/h1-9,14H,10H2,(H,17,18,19). The lowest BCUT2D eigenvalue weighted by atomic mass is 10.1. The maximum absolute atomic E-state index is 4.58. The summed E-state index contributed by atoms with van der Waals surface area (Å²) in [6, 6.07) is 16.8. The first-order valence-corrected chi connectivity index (χ1v) is 7.59. The number of nitrogens with one attached hydrogen (secondary N) is 1. The average Bonchev–Trinajstić information content (AvgIpc) is 2.91. The second-order valence-corrected chi connectivity index (χ2v) is 5.86. The molecule has 20 heavy (non-hydrogen) atoms. The quantitative estimate of drug-likeness (QED) is 0.772. The minimum absolute atomic E-state index is 0.289. The minimum Gasteiger partial charge on any atom is -0.347 e. The molecule has 2 heterocycles. The van der Waals surface area contributed by atoms with Crippen molar-refractivity contribution in [1.29, 1.82) is 0 Å². The third-order valence-electron chi connectivity index (χ3n) is 3.49. The smallest absolute Gasteiger partial charge is 0.223 e. The highest BCUT2D eigenvalue weighted by Crippen LogP contribution is 2.39. The molecular weight excluding hydrogens is 266 g/mol. The van der Waals surface area contributed by atoms with E-state index in [-0.39, 0.29) is 6.04 Å². The number of aromatic nitrogens is 2. The van der Waals surface area contributed by atoms with Gasteiger partial charge in [-0.05, 0) is 17.7 Å². The van der Waals surface area contributed by atoms with E-state index in [0.29, 0.717) is 5.95 Å². The Morgan fingerprint density at radius 1 is 1.05 bits per heavy atom. The highest BCUT2D eigenvalue weighted by molar-refractivity contribution is 7.99. The van der Waals surface area contributed by atoms with E-state index in [1.165, 1.54) is 10.5 Å². The van der Waals surface area contributed by atoms with Crippen LogP contribution >= 0.6 is 11.8 Å². The summed E-state index contributed by atoms with van der Waals surface area (Å²) in [4.78, 5) is 10.3. The fraction of sp³-hybridized carbons (Fsp3) is 0.125. The predicted octanol–water partition coefficient (Wildman–Crippen LogP) is 3.89. The van der Waals surface area contributed by atoms with Crippen molar-refractivity contribution < 1.29 is 0 Å². The van der Waals surface area contributed by atoms with Crippen molar-refractivity contribution in [3.63, 3.8) is 0 Å². The van der Waals surface area contributed by atoms with Crippen LogP contribution in [0.15, 0.2) is 59.6 Å². The molecule has 98 valence electrons. The normalized spacial score (nSPS) is 17.1. The summed E-state index contributed by atoms with van der Waals surface area (Å²) >= 11 is 1.88. The molecule has 1 unspecified atom stereocenters. The first kappa shape index (κ1) is 11.7. The zero-order valence-electron chi connectivity index (χ0n) is 10.8. The molecule has 0 spiro atoms. The Bertz CT molecular complexity index is 772. The van der Waals surface area contributed by atoms with Crippen molar-refractivity contribution in [3.8, 4) is 0 Å². The number of thioether (sulfide) groups is 1. The zero-order valence-corrected chi connectivity index (χ0v) is 11.6. The molecule has 0 saturated heterocycles. The second-order valence-electron chi connectivity index (χ2n) is 4.80. The van der Waals surface area contributed by atoms with E-state index in [4.69, 9.17) is 0 Å². The molecule has 0 aliphatic carbocycles. The van der Waals surface area contributed by atoms with Crippen LogP contribution in [0.5, 0.6) is 0 Å². The van der Waals surface area contributed by atoms with Crippen molar-refractivity contribution in [3.05, 3.63) is 60.3 Å². The lowest BCUT2D eigenvalue weighted by Gasteiger charge is -2.13. The van der Waals surface area contributed by atoms with Gasteiger partial charge in [0.15, 0.2) is 0 Å². The van der Waals surface area contributed by atoms with E-state index in [0.717, 1.165) is 16.7 Å². The van der Waals surface area contributed by atoms with Crippen LogP contribution in [0.4, 0.5) is 5.95 Å². The largest absolute Gasteiger partial charge is 0.347 e. The van der Waals surface area contributed by atoms with Gasteiger partial charge in [0.05, 0.1) is 11.6 Å². The molecule has 4 rings (SSSR count). The number of anilines is 1. The van der Waals surface area contributed by atoms with Gasteiger partial charge >= 0.3 is 0 Å². The molecule has 1 aliphatic heterocycles. The van der Waals surface area contributed by atoms with Gasteiger partial charge in [0.1, 0.15) is 0 Å². The van der Waals surface area contributed by atoms with Gasteiger partial charge < -0.3 is 5.32 Å². The lowest BCUT2D eigenvalue weighted by molar-refractivity contribution is 0.878. The van der Waals surface area contributed by atoms with Crippen LogP contribution in [0.3, 0.4) is 0 Å². The highest BCUT2D eigenvalue weighted by atomic mass is 32.2. The van der Waals surface area contributed by atoms with Gasteiger partial charge in [-0.15, -0.1) is 11.8 Å². The summed E-state index contributed by atoms with van der Waals surface area (Å²) in [5.41, 5.74) is 2.32. The van der Waals surface area contributed by atoms with Crippen LogP contribution in [0, 0.1) is 0 Å². The molecule has 1 N–H and O–H groups in total. The second kappa shape index (κ2) is 4.80. The number of hydrogen-bond acceptors (Lipinski definition) is 4. The first-order valence-electron chi connectivity index (χ1n) is 6.60. The summed E-state index contributed by atoms with van der Waals surface area (Å²) in [6.07, 6.45) is 1.87. The third kappa shape index (κ3) is 2.02. The monoisotopic (exact) mass is 279 g/mol. The molecule has 3 nitrogen and oxygen atoms in total. The van der Waals surface area contributed by atoms with Gasteiger partial charge in [-0.2, -0.15) is 0 Å². The topological polar surface area (TPSA) is 37.8 Å². The number of rotatable bonds is 2. The van der Waals surface area contributed by atoms with Crippen molar-refractivity contribution >= 4 is 28.6 Å². The van der Waals surface area contributed by atoms with Gasteiger partial charge in [0.2, 0.25) is 5.95 Å². The fourth-order valence-corrected chi connectivity index (χ4v) is 3.64. The summed E-state index contributed by atoms with van der Waals surface area (Å²) in [5.74, 6) is 1.72. The van der Waals surface area contributed by atoms with E-state index >= 15 is 0 Å². The Morgan fingerprint density at radius 3 is 2.90 bits per heavy atom. The van der Waals surface area contributed by atoms with E-state index in [9.17, 15) is 0 Å². The van der Waals surface area contributed by atoms with Crippen LogP contribution in [0.2, 0.25) is 0 Å². The molecule has 4 heteroatoms. The van der Waals surface area contributed by atoms with Gasteiger partial charge in [-0.1, -0.05) is 36.4 Å². The van der Waals surface area contributed by atoms with Gasteiger partial charge in [0, 0.05) is 22.2 Å². The minimum atomic E-state index is 0.289. The van der Waals surface area contributed by atoms with Crippen molar-refractivity contribution in [2.45, 2.75) is 10.9 Å². The lowest BCUT2D eigenvalue weighted by Crippen LogP contribution is -2.12. The molecular formula is C16H13N3S. The maximum Gasteiger partial charge on any atom is 0.223 e. The molecule has 0 bridgehead atoms. The van der Waals surface area contributed by atoms with E-state index < -0.39 is 0 Å². The van der Waals surface area contributed by atoms with Gasteiger partial charge in [-0.3, -0.25) is 0 Å². The highest BCUT2D eigenvalue weighted by Gasteiger charge is 2.23. The Balaban J connectivity index is 1.65. The Morgan fingerprint density at radius 2 is 1.90 bits per heavy atom. The van der Waals surface area contributed by atoms with E-state index in [1.807, 2.05) is 42.2 Å². The van der Waals surface area contributed by atoms with Crippen LogP contribution in [-0.2, 0) is 0 Å². The summed E-state index contributed by atoms with van der Waals surface area (Å²) in [6.45, 7) is 0. The molecule has 0 radical (unpaired) electrons. The molecule has 1 aromatic heterocycles. The molecule has 0 saturated carbocycles. The van der Waals surface area contributed by atoms with Gasteiger partial charge in [0.25, 0.3) is 0 Å². The average molecular weight is 279 g/mol. The van der Waals surface area contributed by atoms with Crippen LogP contribution in [0.1, 0.15) is 11.6 Å². The molecule has 3 aromatic rings. The number of fused-ring (bicyclic) bond motifs is 2. The number of nitrogens with zero attached hydrogens (tertiary/aromatic N) is 2. The fourth-order valence-electron chi connectivity index (χ4n) is 2.48. The summed E-state index contributed by atoms with van der Waals surface area (Å²) in [7, 11) is 0. The molecule has 1 aliphatic rings. The van der Waals surface area contributed by atoms with Crippen LogP contribution in [-0.4, -0.2) is 15.7 Å². The Labute approximate surface area is 121 Å². The van der Waals surface area contributed by atoms with Crippen molar-refractivity contribution in [2.24, 2.45) is 0 Å². The third-order valence-corrected chi connectivity index (χ3v) is 4.68. The molecule has 0 fully saturated rings. The summed E-state index contributed by atoms with van der Waals surface area (Å²) < 4.78 is 0. The van der Waals surface area contributed by atoms with Crippen LogP contribution in [0.25, 0.3) is 10.9 Å². The van der Waals surface area contributed by atoms with Crippen molar-refractivity contribution in [2.75, 3.05) is 11.1 Å². The van der Waals surface area contributed by atoms with E-state index in [1.54, 1.807) is 0 Å². The summed E-state index contributed by atoms with van der Waals surface area (Å²) in [5, 5.41) is 4.51. The number of para-hydroxylation sites is 1. The predicted molar refractivity (Wildman–Crippen MR) is 83.1 cm³/mol. The van der Waals surface area contributed by atoms with E-state index in [2.05, 4.69) is 39.6 Å². The Hall–Kier alpha value is -2.07. The zero-order chi connectivity index (χ0) is 13.4. The molecule has 2 aromatic carbocycles. The van der Waals surface area contributed by atoms with Crippen molar-refractivity contribution in [1.82, 2.24) is 9.97 Å². The molecule has 0 amide bonds. The Kier molecular flexibility index (Phi) is 2.81. The maximum atomic E-state index is 4.58. The van der Waals surface area contributed by atoms with Crippen LogP contribution < -0.4 is 5.32 Å². The van der Waals surface area contributed by atoms with Gasteiger partial charge in [-0.25, -0.2) is 9.97 Å². The number of benzene rings is 2. The first-order chi connectivity index (χ1) is 9.90.